The van der Waals surface area contributed by atoms with Crippen molar-refractivity contribution in [3.05, 3.63) is 53.1 Å². The molecule has 1 aliphatic carbocycles. The number of ketones is 1. The number of hydrogen-bond donors (Lipinski definition) is 2. The molecular formula is C20H19ClN2O4. The Labute approximate surface area is 161 Å². The number of benzene rings is 2. The highest BCUT2D eigenvalue weighted by Crippen LogP contribution is 2.40. The van der Waals surface area contributed by atoms with E-state index >= 15 is 0 Å². The van der Waals surface area contributed by atoms with Crippen LogP contribution < -0.4 is 15.4 Å². The first-order valence-electron chi connectivity index (χ1n) is 8.45. The summed E-state index contributed by atoms with van der Waals surface area (Å²) in [5.41, 5.74) is 1.61. The van der Waals surface area contributed by atoms with E-state index in [-0.39, 0.29) is 29.4 Å². The van der Waals surface area contributed by atoms with Crippen LogP contribution in [0, 0.1) is 11.8 Å². The van der Waals surface area contributed by atoms with Crippen molar-refractivity contribution in [3.63, 3.8) is 0 Å². The maximum atomic E-state index is 12.3. The molecule has 1 saturated carbocycles. The third-order valence-electron chi connectivity index (χ3n) is 4.42. The van der Waals surface area contributed by atoms with E-state index in [0.717, 1.165) is 0 Å². The Morgan fingerprint density at radius 2 is 1.63 bits per heavy atom. The van der Waals surface area contributed by atoms with Gasteiger partial charge in [-0.1, -0.05) is 23.7 Å². The topological polar surface area (TPSA) is 84.5 Å². The lowest BCUT2D eigenvalue weighted by atomic mass is 10.1. The SMILES string of the molecule is COc1ccc(NC(=O)C2CC2C(=O)Nc2cccc(C(C)=O)c2)cc1Cl. The normalized spacial score (nSPS) is 17.7. The van der Waals surface area contributed by atoms with Crippen LogP contribution in [0.1, 0.15) is 23.7 Å². The zero-order valence-electron chi connectivity index (χ0n) is 14.9. The second kappa shape index (κ2) is 7.80. The van der Waals surface area contributed by atoms with E-state index in [2.05, 4.69) is 10.6 Å². The molecule has 2 atom stereocenters. The molecule has 2 aromatic carbocycles. The highest BCUT2D eigenvalue weighted by Gasteiger charge is 2.48. The number of halogens is 1. The van der Waals surface area contributed by atoms with Gasteiger partial charge >= 0.3 is 0 Å². The third-order valence-corrected chi connectivity index (χ3v) is 4.72. The monoisotopic (exact) mass is 386 g/mol. The van der Waals surface area contributed by atoms with Gasteiger partial charge in [-0.25, -0.2) is 0 Å². The summed E-state index contributed by atoms with van der Waals surface area (Å²) in [4.78, 5) is 36.1. The van der Waals surface area contributed by atoms with Crippen molar-refractivity contribution in [3.8, 4) is 5.75 Å². The molecule has 2 unspecified atom stereocenters. The second-order valence-corrected chi connectivity index (χ2v) is 6.82. The maximum Gasteiger partial charge on any atom is 0.228 e. The van der Waals surface area contributed by atoms with Gasteiger partial charge in [-0.3, -0.25) is 14.4 Å². The number of rotatable bonds is 6. The number of methoxy groups -OCH3 is 1. The third kappa shape index (κ3) is 4.46. The molecule has 7 heteroatoms. The molecule has 0 bridgehead atoms. The van der Waals surface area contributed by atoms with Gasteiger partial charge in [-0.05, 0) is 43.7 Å². The lowest BCUT2D eigenvalue weighted by molar-refractivity contribution is -0.122. The lowest BCUT2D eigenvalue weighted by Gasteiger charge is -2.08. The van der Waals surface area contributed by atoms with Crippen LogP contribution in [0.4, 0.5) is 11.4 Å². The van der Waals surface area contributed by atoms with Gasteiger partial charge in [0.15, 0.2) is 5.78 Å². The van der Waals surface area contributed by atoms with Crippen molar-refractivity contribution in [2.24, 2.45) is 11.8 Å². The number of hydrogen-bond acceptors (Lipinski definition) is 4. The summed E-state index contributed by atoms with van der Waals surface area (Å²) in [7, 11) is 1.51. The second-order valence-electron chi connectivity index (χ2n) is 6.41. The fraction of sp³-hybridized carbons (Fsp3) is 0.250. The van der Waals surface area contributed by atoms with Crippen molar-refractivity contribution >= 4 is 40.6 Å². The van der Waals surface area contributed by atoms with E-state index in [9.17, 15) is 14.4 Å². The first kappa shape index (κ1) is 18.9. The van der Waals surface area contributed by atoms with Crippen LogP contribution in [-0.4, -0.2) is 24.7 Å². The van der Waals surface area contributed by atoms with Crippen molar-refractivity contribution < 1.29 is 19.1 Å². The van der Waals surface area contributed by atoms with E-state index in [0.29, 0.717) is 34.1 Å². The Bertz CT molecular complexity index is 913. The fourth-order valence-electron chi connectivity index (χ4n) is 2.80. The van der Waals surface area contributed by atoms with Crippen LogP contribution in [0.15, 0.2) is 42.5 Å². The molecule has 3 rings (SSSR count). The molecule has 0 saturated heterocycles. The molecule has 1 fully saturated rings. The first-order chi connectivity index (χ1) is 12.9. The first-order valence-corrected chi connectivity index (χ1v) is 8.83. The van der Waals surface area contributed by atoms with E-state index < -0.39 is 0 Å². The maximum absolute atomic E-state index is 12.3. The predicted octanol–water partition coefficient (Wildman–Crippen LogP) is 3.76. The Morgan fingerprint density at radius 1 is 1.00 bits per heavy atom. The number of carbonyl (C=O) groups is 3. The number of Topliss-reactive ketones (excluding diaryl/α,β-unsaturated/α-hetero) is 1. The van der Waals surface area contributed by atoms with E-state index in [1.165, 1.54) is 14.0 Å². The van der Waals surface area contributed by atoms with Gasteiger partial charge in [0, 0.05) is 16.9 Å². The Morgan fingerprint density at radius 3 is 2.19 bits per heavy atom. The smallest absolute Gasteiger partial charge is 0.228 e. The summed E-state index contributed by atoms with van der Waals surface area (Å²) < 4.78 is 5.07. The van der Waals surface area contributed by atoms with E-state index in [1.54, 1.807) is 42.5 Å². The molecule has 2 N–H and O–H groups in total. The molecule has 0 heterocycles. The van der Waals surface area contributed by atoms with Gasteiger partial charge < -0.3 is 15.4 Å². The average molecular weight is 387 g/mol. The van der Waals surface area contributed by atoms with Crippen LogP contribution in [0.5, 0.6) is 5.75 Å². The molecule has 27 heavy (non-hydrogen) atoms. The largest absolute Gasteiger partial charge is 0.495 e. The molecular weight excluding hydrogens is 368 g/mol. The van der Waals surface area contributed by atoms with Gasteiger partial charge in [0.2, 0.25) is 11.8 Å². The lowest BCUT2D eigenvalue weighted by Crippen LogP contribution is -2.20. The Kier molecular flexibility index (Phi) is 5.46. The average Bonchev–Trinajstić information content (AvgIpc) is 3.43. The summed E-state index contributed by atoms with van der Waals surface area (Å²) in [5, 5.41) is 5.92. The van der Waals surface area contributed by atoms with Crippen LogP contribution in [0.3, 0.4) is 0 Å². The molecule has 6 nitrogen and oxygen atoms in total. The summed E-state index contributed by atoms with van der Waals surface area (Å²) in [6.07, 6.45) is 0.480. The van der Waals surface area contributed by atoms with Gasteiger partial charge in [0.05, 0.1) is 24.0 Å². The molecule has 0 spiro atoms. The van der Waals surface area contributed by atoms with Crippen molar-refractivity contribution in [1.82, 2.24) is 0 Å². The zero-order chi connectivity index (χ0) is 19.6. The molecule has 2 aromatic rings. The molecule has 2 amide bonds. The summed E-state index contributed by atoms with van der Waals surface area (Å²) in [6, 6.07) is 11.7. The number of ether oxygens (including phenoxy) is 1. The minimum atomic E-state index is -0.389. The molecule has 0 aliphatic heterocycles. The van der Waals surface area contributed by atoms with Crippen molar-refractivity contribution in [1.29, 1.82) is 0 Å². The van der Waals surface area contributed by atoms with Crippen LogP contribution in [0.2, 0.25) is 5.02 Å². The number of carbonyl (C=O) groups excluding carboxylic acids is 3. The van der Waals surface area contributed by atoms with E-state index in [4.69, 9.17) is 16.3 Å². The van der Waals surface area contributed by atoms with Gasteiger partial charge in [0.1, 0.15) is 5.75 Å². The Hall–Kier alpha value is -2.86. The zero-order valence-corrected chi connectivity index (χ0v) is 15.7. The quantitative estimate of drug-likeness (QED) is 0.740. The summed E-state index contributed by atoms with van der Waals surface area (Å²) >= 11 is 6.05. The Balaban J connectivity index is 1.57. The highest BCUT2D eigenvalue weighted by atomic mass is 35.5. The predicted molar refractivity (Wildman–Crippen MR) is 103 cm³/mol. The van der Waals surface area contributed by atoms with Gasteiger partial charge in [0.25, 0.3) is 0 Å². The molecule has 0 radical (unpaired) electrons. The molecule has 1 aliphatic rings. The van der Waals surface area contributed by atoms with Crippen LogP contribution in [0.25, 0.3) is 0 Å². The van der Waals surface area contributed by atoms with Gasteiger partial charge in [-0.2, -0.15) is 0 Å². The number of nitrogens with one attached hydrogen (secondary N) is 2. The molecule has 0 aromatic heterocycles. The summed E-state index contributed by atoms with van der Waals surface area (Å²) in [5.74, 6) is -0.793. The number of anilines is 2. The fourth-order valence-corrected chi connectivity index (χ4v) is 3.06. The van der Waals surface area contributed by atoms with Gasteiger partial charge in [-0.15, -0.1) is 0 Å². The molecule has 140 valence electrons. The van der Waals surface area contributed by atoms with Crippen LogP contribution >= 0.6 is 11.6 Å². The minimum Gasteiger partial charge on any atom is -0.495 e. The standard InChI is InChI=1S/C20H19ClN2O4/c1-11(24)12-4-3-5-13(8-12)22-19(25)15-10-16(15)20(26)23-14-6-7-18(27-2)17(21)9-14/h3-9,15-16H,10H2,1-2H3,(H,22,25)(H,23,26). The van der Waals surface area contributed by atoms with Crippen molar-refractivity contribution in [2.45, 2.75) is 13.3 Å². The highest BCUT2D eigenvalue weighted by molar-refractivity contribution is 6.32. The van der Waals surface area contributed by atoms with E-state index in [1.807, 2.05) is 0 Å². The number of amides is 2. The van der Waals surface area contributed by atoms with Crippen LogP contribution in [-0.2, 0) is 9.59 Å². The summed E-state index contributed by atoms with van der Waals surface area (Å²) in [6.45, 7) is 1.47. The van der Waals surface area contributed by atoms with Crippen molar-refractivity contribution in [2.75, 3.05) is 17.7 Å². The minimum absolute atomic E-state index is 0.0760.